The Kier molecular flexibility index (Phi) is 7.22. The topological polar surface area (TPSA) is 105 Å². The third-order valence-corrected chi connectivity index (χ3v) is 6.83. The summed E-state index contributed by atoms with van der Waals surface area (Å²) in [6.07, 6.45) is 3.22. The van der Waals surface area contributed by atoms with Crippen molar-refractivity contribution < 1.29 is 13.6 Å². The highest BCUT2D eigenvalue weighted by atomic mass is 79.9. The van der Waals surface area contributed by atoms with Gasteiger partial charge in [-0.1, -0.05) is 49.7 Å². The molecule has 7 nitrogen and oxygen atoms in total. The number of oxime groups is 1. The molecule has 0 aliphatic carbocycles. The predicted molar refractivity (Wildman–Crippen MR) is 129 cm³/mol. The van der Waals surface area contributed by atoms with Gasteiger partial charge in [-0.25, -0.2) is 13.4 Å². The van der Waals surface area contributed by atoms with E-state index in [1.165, 1.54) is 6.07 Å². The number of sulfonamides is 1. The lowest BCUT2D eigenvalue weighted by molar-refractivity contribution is 0.318. The molecule has 10 heteroatoms. The van der Waals surface area contributed by atoms with Crippen LogP contribution in [-0.4, -0.2) is 29.3 Å². The molecule has 32 heavy (non-hydrogen) atoms. The quantitative estimate of drug-likeness (QED) is 0.248. The van der Waals surface area contributed by atoms with Crippen LogP contribution in [0.3, 0.4) is 0 Å². The van der Waals surface area contributed by atoms with Gasteiger partial charge >= 0.3 is 0 Å². The van der Waals surface area contributed by atoms with Crippen LogP contribution < -0.4 is 4.72 Å². The van der Waals surface area contributed by atoms with Crippen LogP contribution >= 0.6 is 27.5 Å². The molecular weight excluding hydrogens is 516 g/mol. The molecule has 0 fully saturated rings. The monoisotopic (exact) mass is 536 g/mol. The van der Waals surface area contributed by atoms with E-state index >= 15 is 0 Å². The van der Waals surface area contributed by atoms with Gasteiger partial charge in [0, 0.05) is 28.9 Å². The average molecular weight is 538 g/mol. The molecule has 2 aromatic heterocycles. The summed E-state index contributed by atoms with van der Waals surface area (Å²) in [6, 6.07) is 11.5. The van der Waals surface area contributed by atoms with Crippen molar-refractivity contribution in [2.45, 2.75) is 37.5 Å². The number of rotatable bonds is 6. The third kappa shape index (κ3) is 5.85. The highest BCUT2D eigenvalue weighted by Crippen LogP contribution is 2.25. The minimum atomic E-state index is -3.85. The van der Waals surface area contributed by atoms with Crippen LogP contribution in [0, 0.1) is 0 Å². The highest BCUT2D eigenvalue weighted by Gasteiger charge is 2.19. The molecule has 3 aromatic rings. The van der Waals surface area contributed by atoms with E-state index in [0.717, 1.165) is 5.56 Å². The molecule has 2 heterocycles. The molecular formula is C22H22BrClN4O3S. The van der Waals surface area contributed by atoms with Crippen molar-refractivity contribution in [1.82, 2.24) is 9.97 Å². The number of nitrogens with one attached hydrogen (secondary N) is 1. The Labute approximate surface area is 200 Å². The zero-order chi connectivity index (χ0) is 23.5. The molecule has 0 aliphatic heterocycles. The van der Waals surface area contributed by atoms with Gasteiger partial charge in [-0.2, -0.15) is 0 Å². The van der Waals surface area contributed by atoms with Gasteiger partial charge < -0.3 is 5.21 Å². The van der Waals surface area contributed by atoms with E-state index in [2.05, 4.69) is 56.5 Å². The van der Waals surface area contributed by atoms with Gasteiger partial charge in [0.25, 0.3) is 10.0 Å². The second-order valence-electron chi connectivity index (χ2n) is 8.12. The summed E-state index contributed by atoms with van der Waals surface area (Å²) in [5.74, 6) is 0.106. The lowest BCUT2D eigenvalue weighted by Gasteiger charge is -2.19. The number of hydrogen-bond acceptors (Lipinski definition) is 6. The number of hydrogen-bond donors (Lipinski definition) is 2. The van der Waals surface area contributed by atoms with E-state index in [0.29, 0.717) is 20.8 Å². The number of anilines is 1. The Balaban J connectivity index is 1.85. The first-order chi connectivity index (χ1) is 15.0. The maximum absolute atomic E-state index is 12.8. The molecule has 1 aromatic carbocycles. The molecule has 0 saturated heterocycles. The van der Waals surface area contributed by atoms with Crippen LogP contribution in [0.15, 0.2) is 69.4 Å². The van der Waals surface area contributed by atoms with Crippen LogP contribution in [0.1, 0.15) is 37.6 Å². The maximum Gasteiger partial charge on any atom is 0.263 e. The average Bonchev–Trinajstić information content (AvgIpc) is 2.73. The van der Waals surface area contributed by atoms with Gasteiger partial charge in [0.05, 0.1) is 21.3 Å². The zero-order valence-corrected chi connectivity index (χ0v) is 20.8. The van der Waals surface area contributed by atoms with Crippen molar-refractivity contribution in [3.8, 4) is 0 Å². The summed E-state index contributed by atoms with van der Waals surface area (Å²) >= 11 is 9.59. The number of pyridine rings is 2. The first-order valence-electron chi connectivity index (χ1n) is 9.60. The first kappa shape index (κ1) is 24.2. The number of aromatic nitrogens is 2. The molecule has 0 amide bonds. The van der Waals surface area contributed by atoms with Crippen LogP contribution in [0.25, 0.3) is 0 Å². The Hall–Kier alpha value is -2.49. The molecule has 0 aliphatic rings. The summed E-state index contributed by atoms with van der Waals surface area (Å²) in [5, 5.41) is 13.1. The van der Waals surface area contributed by atoms with Crippen molar-refractivity contribution in [2.24, 2.45) is 5.16 Å². The summed E-state index contributed by atoms with van der Waals surface area (Å²) in [4.78, 5) is 8.51. The second kappa shape index (κ2) is 9.56. The number of benzene rings is 1. The van der Waals surface area contributed by atoms with Gasteiger partial charge in [-0.3, -0.25) is 9.71 Å². The number of nitrogens with zero attached hydrogens (tertiary/aromatic N) is 3. The van der Waals surface area contributed by atoms with Gasteiger partial charge in [0.15, 0.2) is 0 Å². The van der Waals surface area contributed by atoms with Crippen molar-refractivity contribution in [2.75, 3.05) is 4.72 Å². The normalized spacial score (nSPS) is 12.6. The minimum absolute atomic E-state index is 0.0727. The van der Waals surface area contributed by atoms with Gasteiger partial charge in [0.1, 0.15) is 5.82 Å². The van der Waals surface area contributed by atoms with E-state index in [9.17, 15) is 13.6 Å². The van der Waals surface area contributed by atoms with Crippen molar-refractivity contribution in [3.63, 3.8) is 0 Å². The van der Waals surface area contributed by atoms with Gasteiger partial charge in [0.2, 0.25) is 0 Å². The van der Waals surface area contributed by atoms with Crippen LogP contribution in [0.4, 0.5) is 5.82 Å². The molecule has 0 bridgehead atoms. The Morgan fingerprint density at radius 1 is 1.16 bits per heavy atom. The summed E-state index contributed by atoms with van der Waals surface area (Å²) in [7, 11) is -3.85. The lowest BCUT2D eigenvalue weighted by Crippen LogP contribution is -2.16. The molecule has 3 rings (SSSR count). The van der Waals surface area contributed by atoms with E-state index in [-0.39, 0.29) is 28.3 Å². The Morgan fingerprint density at radius 3 is 2.44 bits per heavy atom. The smallest absolute Gasteiger partial charge is 0.263 e. The van der Waals surface area contributed by atoms with Crippen molar-refractivity contribution in [1.29, 1.82) is 0 Å². The zero-order valence-electron chi connectivity index (χ0n) is 17.7. The summed E-state index contributed by atoms with van der Waals surface area (Å²) in [6.45, 7) is 6.17. The van der Waals surface area contributed by atoms with Crippen LogP contribution in [-0.2, 0) is 21.9 Å². The fourth-order valence-electron chi connectivity index (χ4n) is 2.92. The molecule has 168 valence electrons. The van der Waals surface area contributed by atoms with Crippen LogP contribution in [0.2, 0.25) is 5.02 Å². The summed E-state index contributed by atoms with van der Waals surface area (Å²) in [5.41, 5.74) is 2.15. The highest BCUT2D eigenvalue weighted by molar-refractivity contribution is 9.10. The van der Waals surface area contributed by atoms with E-state index in [1.54, 1.807) is 48.8 Å². The van der Waals surface area contributed by atoms with Crippen LogP contribution in [0.5, 0.6) is 0 Å². The second-order valence-corrected chi connectivity index (χ2v) is 11.1. The largest absolute Gasteiger partial charge is 0.411 e. The Bertz CT molecular complexity index is 1260. The molecule has 0 spiro atoms. The number of halogens is 2. The van der Waals surface area contributed by atoms with Crippen molar-refractivity contribution in [3.05, 3.63) is 81.2 Å². The Morgan fingerprint density at radius 2 is 1.84 bits per heavy atom. The first-order valence-corrected chi connectivity index (χ1v) is 12.3. The third-order valence-electron chi connectivity index (χ3n) is 4.68. The van der Waals surface area contributed by atoms with Gasteiger partial charge in [-0.15, -0.1) is 0 Å². The standard InChI is InChI=1S/C22H22BrClN4O3S/c1-22(2,3)15-4-6-17(7-5-15)32(30,31)28-21-9-8-18(24)20(26-21)11-19(27-29)14-10-16(23)13-25-12-14/h4-10,12-13,29H,11H2,1-3H3,(H,26,28). The molecule has 0 unspecified atom stereocenters. The predicted octanol–water partition coefficient (Wildman–Crippen LogP) is 5.41. The van der Waals surface area contributed by atoms with E-state index < -0.39 is 10.0 Å². The van der Waals surface area contributed by atoms with Crippen molar-refractivity contribution >= 4 is 49.1 Å². The fourth-order valence-corrected chi connectivity index (χ4v) is 4.46. The van der Waals surface area contributed by atoms with E-state index in [4.69, 9.17) is 11.6 Å². The molecule has 0 radical (unpaired) electrons. The van der Waals surface area contributed by atoms with E-state index in [1.807, 2.05) is 0 Å². The molecule has 2 N–H and O–H groups in total. The molecule has 0 atom stereocenters. The SMILES string of the molecule is CC(C)(C)c1ccc(S(=O)(=O)Nc2ccc(Cl)c(CC(=NO)c3cncc(Br)c3)n2)cc1. The van der Waals surface area contributed by atoms with Gasteiger partial charge in [-0.05, 0) is 57.2 Å². The minimum Gasteiger partial charge on any atom is -0.411 e. The summed E-state index contributed by atoms with van der Waals surface area (Å²) < 4.78 is 28.9. The fraction of sp³-hybridized carbons (Fsp3) is 0.227. The molecule has 0 saturated carbocycles. The lowest BCUT2D eigenvalue weighted by atomic mass is 9.87. The maximum atomic E-state index is 12.8.